The number of hydrazone groups is 1. The van der Waals surface area contributed by atoms with Crippen LogP contribution in [0, 0.1) is 6.92 Å². The molecule has 0 fully saturated rings. The molecule has 0 unspecified atom stereocenters. The summed E-state index contributed by atoms with van der Waals surface area (Å²) in [6.07, 6.45) is 1.33. The number of amides is 1. The van der Waals surface area contributed by atoms with Crippen LogP contribution in [0.5, 0.6) is 17.2 Å². The molecule has 0 bridgehead atoms. The molecule has 3 aromatic carbocycles. The van der Waals surface area contributed by atoms with Crippen LogP contribution >= 0.6 is 0 Å². The van der Waals surface area contributed by atoms with Crippen molar-refractivity contribution in [2.75, 3.05) is 14.2 Å². The van der Waals surface area contributed by atoms with Crippen molar-refractivity contribution >= 4 is 22.2 Å². The van der Waals surface area contributed by atoms with Crippen molar-refractivity contribution in [1.82, 2.24) is 5.43 Å². The summed E-state index contributed by atoms with van der Waals surface area (Å²) in [5.41, 5.74) is 4.24. The van der Waals surface area contributed by atoms with Crippen LogP contribution < -0.4 is 19.1 Å². The quantitative estimate of drug-likeness (QED) is 0.293. The topological polar surface area (TPSA) is 103 Å². The molecule has 0 saturated heterocycles. The molecule has 1 amide bonds. The first-order valence-electron chi connectivity index (χ1n) is 9.95. The Labute approximate surface area is 192 Å². The third kappa shape index (κ3) is 6.33. The van der Waals surface area contributed by atoms with Crippen molar-refractivity contribution in [2.45, 2.75) is 18.2 Å². The Morgan fingerprint density at radius 3 is 2.39 bits per heavy atom. The van der Waals surface area contributed by atoms with E-state index in [-0.39, 0.29) is 28.5 Å². The maximum atomic E-state index is 12.8. The van der Waals surface area contributed by atoms with Crippen LogP contribution in [0.4, 0.5) is 0 Å². The van der Waals surface area contributed by atoms with Crippen LogP contribution in [-0.4, -0.2) is 34.8 Å². The minimum atomic E-state index is -4.10. The third-order valence-electron chi connectivity index (χ3n) is 4.59. The molecule has 8 nitrogen and oxygen atoms in total. The molecule has 172 valence electrons. The van der Waals surface area contributed by atoms with Gasteiger partial charge in [0.15, 0.2) is 11.5 Å². The van der Waals surface area contributed by atoms with E-state index in [0.717, 1.165) is 5.56 Å². The molecule has 0 aromatic heterocycles. The first-order valence-corrected chi connectivity index (χ1v) is 11.4. The summed E-state index contributed by atoms with van der Waals surface area (Å²) >= 11 is 0. The summed E-state index contributed by atoms with van der Waals surface area (Å²) in [4.78, 5) is 12.2. The fourth-order valence-corrected chi connectivity index (χ4v) is 4.12. The number of nitrogens with one attached hydrogen (secondary N) is 1. The molecule has 0 aliphatic rings. The van der Waals surface area contributed by atoms with Gasteiger partial charge in [-0.25, -0.2) is 5.43 Å². The minimum absolute atomic E-state index is 0.0494. The molecule has 3 aromatic rings. The molecule has 0 spiro atoms. The molecule has 0 heterocycles. The van der Waals surface area contributed by atoms with Gasteiger partial charge in [0.25, 0.3) is 0 Å². The number of nitrogens with zero attached hydrogens (tertiary/aromatic N) is 1. The molecule has 3 rings (SSSR count). The van der Waals surface area contributed by atoms with Gasteiger partial charge in [-0.1, -0.05) is 35.9 Å². The number of aryl methyl sites for hydroxylation is 1. The van der Waals surface area contributed by atoms with Crippen molar-refractivity contribution in [2.24, 2.45) is 5.10 Å². The van der Waals surface area contributed by atoms with E-state index in [1.165, 1.54) is 26.5 Å². The van der Waals surface area contributed by atoms with Gasteiger partial charge in [0.1, 0.15) is 10.6 Å². The molecule has 0 aliphatic carbocycles. The summed E-state index contributed by atoms with van der Waals surface area (Å²) in [7, 11) is -1.06. The Morgan fingerprint density at radius 2 is 1.70 bits per heavy atom. The lowest BCUT2D eigenvalue weighted by atomic mass is 10.1. The highest BCUT2D eigenvalue weighted by Gasteiger charge is 2.20. The molecule has 0 saturated carbocycles. The molecular formula is C24H24N2O6S. The Morgan fingerprint density at radius 1 is 0.970 bits per heavy atom. The first kappa shape index (κ1) is 23.8. The third-order valence-corrected chi connectivity index (χ3v) is 5.91. The highest BCUT2D eigenvalue weighted by Crippen LogP contribution is 2.27. The van der Waals surface area contributed by atoms with Crippen molar-refractivity contribution < 1.29 is 26.9 Å². The van der Waals surface area contributed by atoms with Crippen LogP contribution in [0.1, 0.15) is 16.7 Å². The zero-order chi connectivity index (χ0) is 23.8. The maximum Gasteiger partial charge on any atom is 0.339 e. The maximum absolute atomic E-state index is 12.8. The van der Waals surface area contributed by atoms with Crippen molar-refractivity contribution in [3.63, 3.8) is 0 Å². The highest BCUT2D eigenvalue weighted by molar-refractivity contribution is 7.87. The lowest BCUT2D eigenvalue weighted by Gasteiger charge is -2.10. The monoisotopic (exact) mass is 468 g/mol. The summed E-state index contributed by atoms with van der Waals surface area (Å²) in [6, 6.07) is 18.1. The zero-order valence-corrected chi connectivity index (χ0v) is 19.3. The number of ether oxygens (including phenoxy) is 2. The van der Waals surface area contributed by atoms with Crippen molar-refractivity contribution in [3.8, 4) is 17.2 Å². The van der Waals surface area contributed by atoms with E-state index in [9.17, 15) is 13.2 Å². The molecular weight excluding hydrogens is 444 g/mol. The van der Waals surface area contributed by atoms with Gasteiger partial charge < -0.3 is 13.7 Å². The first-order chi connectivity index (χ1) is 15.8. The fraction of sp³-hybridized carbons (Fsp3) is 0.167. The van der Waals surface area contributed by atoms with E-state index in [0.29, 0.717) is 17.1 Å². The van der Waals surface area contributed by atoms with E-state index in [2.05, 4.69) is 10.5 Å². The van der Waals surface area contributed by atoms with Gasteiger partial charge in [0.05, 0.1) is 26.9 Å². The number of carbonyl (C=O) groups excluding carboxylic acids is 1. The van der Waals surface area contributed by atoms with E-state index in [1.54, 1.807) is 60.7 Å². The van der Waals surface area contributed by atoms with Crippen LogP contribution in [0.3, 0.4) is 0 Å². The summed E-state index contributed by atoms with van der Waals surface area (Å²) in [5.74, 6) is 0.894. The van der Waals surface area contributed by atoms with Crippen molar-refractivity contribution in [1.29, 1.82) is 0 Å². The van der Waals surface area contributed by atoms with Crippen molar-refractivity contribution in [3.05, 3.63) is 83.4 Å². The predicted octanol–water partition coefficient (Wildman–Crippen LogP) is 3.47. The van der Waals surface area contributed by atoms with Crippen LogP contribution in [0.15, 0.2) is 76.7 Å². The van der Waals surface area contributed by atoms with E-state index < -0.39 is 10.1 Å². The number of hydrogen-bond donors (Lipinski definition) is 1. The second kappa shape index (κ2) is 10.6. The van der Waals surface area contributed by atoms with Gasteiger partial charge in [0, 0.05) is 5.56 Å². The number of rotatable bonds is 9. The lowest BCUT2D eigenvalue weighted by molar-refractivity contribution is -0.120. The number of benzene rings is 3. The van der Waals surface area contributed by atoms with E-state index >= 15 is 0 Å². The van der Waals surface area contributed by atoms with Crippen LogP contribution in [0.2, 0.25) is 0 Å². The predicted molar refractivity (Wildman–Crippen MR) is 124 cm³/mol. The summed E-state index contributed by atoms with van der Waals surface area (Å²) in [6.45, 7) is 1.82. The summed E-state index contributed by atoms with van der Waals surface area (Å²) in [5, 5.41) is 3.94. The normalized spacial score (nSPS) is 11.2. The van der Waals surface area contributed by atoms with Crippen LogP contribution in [0.25, 0.3) is 0 Å². The van der Waals surface area contributed by atoms with Gasteiger partial charge in [0.2, 0.25) is 5.91 Å². The van der Waals surface area contributed by atoms with Gasteiger partial charge >= 0.3 is 10.1 Å². The number of para-hydroxylation sites is 1. The number of methoxy groups -OCH3 is 2. The fourth-order valence-electron chi connectivity index (χ4n) is 3.03. The lowest BCUT2D eigenvalue weighted by Crippen LogP contribution is -2.20. The minimum Gasteiger partial charge on any atom is -0.493 e. The van der Waals surface area contributed by atoms with E-state index in [1.807, 2.05) is 6.92 Å². The highest BCUT2D eigenvalue weighted by atomic mass is 32.2. The Bertz CT molecular complexity index is 1260. The largest absolute Gasteiger partial charge is 0.493 e. The van der Waals surface area contributed by atoms with E-state index in [4.69, 9.17) is 13.7 Å². The Kier molecular flexibility index (Phi) is 7.68. The number of carbonyl (C=O) groups is 1. The van der Waals surface area contributed by atoms with Crippen LogP contribution in [-0.2, 0) is 21.3 Å². The SMILES string of the molecule is COc1ccc(CC(=O)N/N=C/c2cc(C)ccc2S(=O)(=O)Oc2ccccc2)cc1OC. The Hall–Kier alpha value is -3.85. The zero-order valence-electron chi connectivity index (χ0n) is 18.4. The van der Waals surface area contributed by atoms with Gasteiger partial charge in [-0.05, 0) is 48.9 Å². The molecule has 33 heavy (non-hydrogen) atoms. The Balaban J connectivity index is 1.73. The molecule has 9 heteroatoms. The average Bonchev–Trinajstić information content (AvgIpc) is 2.79. The van der Waals surface area contributed by atoms with Gasteiger partial charge in [-0.15, -0.1) is 0 Å². The average molecular weight is 469 g/mol. The second-order valence-corrected chi connectivity index (χ2v) is 8.57. The van der Waals surface area contributed by atoms with Gasteiger partial charge in [-0.3, -0.25) is 4.79 Å². The summed E-state index contributed by atoms with van der Waals surface area (Å²) < 4.78 is 41.2. The second-order valence-electron chi connectivity index (χ2n) is 7.05. The van der Waals surface area contributed by atoms with Gasteiger partial charge in [-0.2, -0.15) is 13.5 Å². The molecule has 1 N–H and O–H groups in total. The molecule has 0 radical (unpaired) electrons. The number of hydrogen-bond acceptors (Lipinski definition) is 7. The molecule has 0 aliphatic heterocycles. The standard InChI is InChI=1S/C24H24N2O6S/c1-17-9-12-23(33(28,29)32-20-7-5-4-6-8-20)19(13-17)16-25-26-24(27)15-18-10-11-21(30-2)22(14-18)31-3/h4-14,16H,15H2,1-3H3,(H,26,27)/b25-16+. The smallest absolute Gasteiger partial charge is 0.339 e. The molecule has 0 atom stereocenters.